The molecule has 6 atom stereocenters. The van der Waals surface area contributed by atoms with E-state index in [0.29, 0.717) is 27.5 Å². The Balaban J connectivity index is 1.45. The number of fused-ring (bicyclic) bond motifs is 4. The van der Waals surface area contributed by atoms with Crippen LogP contribution < -0.4 is 19.6 Å². The number of hydrogen-bond donors (Lipinski definition) is 3. The molecule has 2 aliphatic heterocycles. The average Bonchev–Trinajstić information content (AvgIpc) is 3.48. The van der Waals surface area contributed by atoms with E-state index >= 15 is 4.79 Å². The maximum atomic E-state index is 15.2. The van der Waals surface area contributed by atoms with Gasteiger partial charge in [0.25, 0.3) is 23.6 Å². The molecule has 3 aromatic carbocycles. The molecule has 7 rings (SSSR count). The van der Waals surface area contributed by atoms with E-state index in [-0.39, 0.29) is 45.9 Å². The molecule has 51 heavy (non-hydrogen) atoms. The number of halogens is 2. The van der Waals surface area contributed by atoms with Crippen LogP contribution >= 0.6 is 23.2 Å². The standard InChI is InChI=1S/C37H33Cl2N3O9/c1-49-21-8-5-19(6-9-21)37-25(12-4-18-14-29(50-2)32(43)30(15-18)51-3)22-10-11-23-31(35(46)42(48)33(23)44)24(22)17-26(37)34(45)41(36(37)47)40-28-13-7-20(38)16-27(28)39/h4-10,12-16,23-26,31,40,43,48H,11,17H2,1-3H3. The lowest BCUT2D eigenvalue weighted by molar-refractivity contribution is -0.173. The van der Waals surface area contributed by atoms with E-state index in [2.05, 4.69) is 5.43 Å². The van der Waals surface area contributed by atoms with Crippen molar-refractivity contribution in [3.8, 4) is 23.0 Å². The smallest absolute Gasteiger partial charge is 0.260 e. The predicted molar refractivity (Wildman–Crippen MR) is 185 cm³/mol. The summed E-state index contributed by atoms with van der Waals surface area (Å²) < 4.78 is 16.2. The van der Waals surface area contributed by atoms with Gasteiger partial charge in [-0.15, -0.1) is 0 Å². The van der Waals surface area contributed by atoms with Gasteiger partial charge in [0.05, 0.1) is 55.2 Å². The lowest BCUT2D eigenvalue weighted by Crippen LogP contribution is -2.54. The maximum Gasteiger partial charge on any atom is 0.260 e. The van der Waals surface area contributed by atoms with Gasteiger partial charge in [-0.25, -0.2) is 0 Å². The SMILES string of the molecule is COc1ccc(C23C(=O)N(Nc4ccc(Cl)cc4Cl)C(=O)C2CC2C(=CCC4C(=O)N(O)C(=O)C42)C3C=Cc2cc(OC)c(O)c(OC)c2)cc1. The summed E-state index contributed by atoms with van der Waals surface area (Å²) in [6.45, 7) is 0. The normalized spacial score (nSPS) is 26.9. The number of benzene rings is 3. The number of amides is 4. The molecule has 3 aromatic rings. The number of aromatic hydroxyl groups is 1. The monoisotopic (exact) mass is 733 g/mol. The van der Waals surface area contributed by atoms with Crippen molar-refractivity contribution in [2.45, 2.75) is 18.3 Å². The second-order valence-corrected chi connectivity index (χ2v) is 13.7. The minimum Gasteiger partial charge on any atom is -0.502 e. The van der Waals surface area contributed by atoms with Gasteiger partial charge in [0.2, 0.25) is 5.75 Å². The summed E-state index contributed by atoms with van der Waals surface area (Å²) >= 11 is 12.6. The van der Waals surface area contributed by atoms with Crippen LogP contribution in [0.3, 0.4) is 0 Å². The fourth-order valence-electron chi connectivity index (χ4n) is 8.29. The van der Waals surface area contributed by atoms with E-state index in [1.807, 2.05) is 6.08 Å². The van der Waals surface area contributed by atoms with E-state index in [4.69, 9.17) is 37.4 Å². The first-order valence-corrected chi connectivity index (χ1v) is 16.9. The number of hydrogen-bond acceptors (Lipinski definition) is 10. The second kappa shape index (κ2) is 12.9. The molecule has 264 valence electrons. The molecule has 4 aliphatic rings. The summed E-state index contributed by atoms with van der Waals surface area (Å²) in [5.74, 6) is -6.21. The largest absolute Gasteiger partial charge is 0.502 e. The zero-order valence-corrected chi connectivity index (χ0v) is 29.1. The Morgan fingerprint density at radius 1 is 0.882 bits per heavy atom. The number of rotatable bonds is 8. The number of nitrogens with one attached hydrogen (secondary N) is 1. The molecule has 1 saturated carbocycles. The Labute approximate surface area is 302 Å². The highest BCUT2D eigenvalue weighted by Crippen LogP contribution is 2.61. The number of ether oxygens (including phenoxy) is 3. The molecule has 12 nitrogen and oxygen atoms in total. The Morgan fingerprint density at radius 2 is 1.57 bits per heavy atom. The van der Waals surface area contributed by atoms with Crippen molar-refractivity contribution in [2.75, 3.05) is 26.8 Å². The van der Waals surface area contributed by atoms with Gasteiger partial charge in [-0.1, -0.05) is 59.1 Å². The Kier molecular flexibility index (Phi) is 8.73. The van der Waals surface area contributed by atoms with E-state index in [9.17, 15) is 24.7 Å². The van der Waals surface area contributed by atoms with Crippen LogP contribution in [0, 0.1) is 29.6 Å². The van der Waals surface area contributed by atoms with Crippen molar-refractivity contribution in [2.24, 2.45) is 29.6 Å². The number of anilines is 1. The van der Waals surface area contributed by atoms with Gasteiger partial charge < -0.3 is 19.3 Å². The number of nitrogens with zero attached hydrogens (tertiary/aromatic N) is 2. The van der Waals surface area contributed by atoms with Crippen molar-refractivity contribution in [3.63, 3.8) is 0 Å². The number of phenols is 1. The van der Waals surface area contributed by atoms with Gasteiger partial charge in [-0.05, 0) is 72.4 Å². The van der Waals surface area contributed by atoms with Crippen molar-refractivity contribution in [1.82, 2.24) is 10.1 Å². The molecule has 0 aromatic heterocycles. The third kappa shape index (κ3) is 5.23. The number of imide groups is 2. The number of carbonyl (C=O) groups is 4. The first-order valence-electron chi connectivity index (χ1n) is 16.1. The summed E-state index contributed by atoms with van der Waals surface area (Å²) in [5, 5.41) is 22.7. The average molecular weight is 735 g/mol. The van der Waals surface area contributed by atoms with Gasteiger partial charge in [-0.3, -0.25) is 29.8 Å². The van der Waals surface area contributed by atoms with Crippen LogP contribution in [0.4, 0.5) is 5.69 Å². The third-order valence-electron chi connectivity index (χ3n) is 10.6. The molecule has 0 radical (unpaired) electrons. The van der Waals surface area contributed by atoms with Crippen LogP contribution in [-0.2, 0) is 24.6 Å². The number of allylic oxidation sites excluding steroid dienone is 3. The van der Waals surface area contributed by atoms with Crippen LogP contribution in [0.2, 0.25) is 10.0 Å². The van der Waals surface area contributed by atoms with E-state index in [1.54, 1.807) is 60.7 Å². The first-order chi connectivity index (χ1) is 24.5. The topological polar surface area (TPSA) is 155 Å². The molecule has 14 heteroatoms. The molecule has 2 heterocycles. The summed E-state index contributed by atoms with van der Waals surface area (Å²) in [5.41, 5.74) is 3.40. The maximum absolute atomic E-state index is 15.2. The highest BCUT2D eigenvalue weighted by Gasteiger charge is 2.69. The summed E-state index contributed by atoms with van der Waals surface area (Å²) in [6.07, 6.45) is 5.57. The number of hydrazine groups is 1. The summed E-state index contributed by atoms with van der Waals surface area (Å²) in [4.78, 5) is 56.3. The van der Waals surface area contributed by atoms with Gasteiger partial charge in [0, 0.05) is 10.9 Å². The quantitative estimate of drug-likeness (QED) is 0.150. The van der Waals surface area contributed by atoms with E-state index in [0.717, 1.165) is 5.01 Å². The minimum absolute atomic E-state index is 0.0359. The van der Waals surface area contributed by atoms with Crippen LogP contribution in [0.15, 0.2) is 72.3 Å². The zero-order valence-electron chi connectivity index (χ0n) is 27.6. The molecule has 3 fully saturated rings. The summed E-state index contributed by atoms with van der Waals surface area (Å²) in [7, 11) is 4.33. The number of methoxy groups -OCH3 is 3. The van der Waals surface area contributed by atoms with Crippen LogP contribution in [-0.4, -0.2) is 65.3 Å². The molecular formula is C37H33Cl2N3O9. The molecule has 0 bridgehead atoms. The van der Waals surface area contributed by atoms with Gasteiger partial charge in [0.1, 0.15) is 5.75 Å². The highest BCUT2D eigenvalue weighted by molar-refractivity contribution is 6.36. The fraction of sp³-hybridized carbons (Fsp3) is 0.297. The highest BCUT2D eigenvalue weighted by atomic mass is 35.5. The molecule has 2 saturated heterocycles. The number of hydroxylamine groups is 2. The predicted octanol–water partition coefficient (Wildman–Crippen LogP) is 5.64. The Morgan fingerprint density at radius 3 is 2.20 bits per heavy atom. The van der Waals surface area contributed by atoms with Crippen molar-refractivity contribution in [1.29, 1.82) is 0 Å². The first kappa shape index (κ1) is 34.4. The second-order valence-electron chi connectivity index (χ2n) is 12.9. The fourth-order valence-corrected chi connectivity index (χ4v) is 8.74. The zero-order chi connectivity index (χ0) is 36.4. The number of phenolic OH excluding ortho intramolecular Hbond substituents is 1. The van der Waals surface area contributed by atoms with Gasteiger partial charge in [0.15, 0.2) is 11.5 Å². The Bertz CT molecular complexity index is 2010. The van der Waals surface area contributed by atoms with Crippen LogP contribution in [0.25, 0.3) is 6.08 Å². The van der Waals surface area contributed by atoms with Crippen molar-refractivity contribution >= 4 is 58.6 Å². The lowest BCUT2D eigenvalue weighted by Gasteiger charge is -2.49. The van der Waals surface area contributed by atoms with Crippen molar-refractivity contribution in [3.05, 3.63) is 93.5 Å². The minimum atomic E-state index is -1.56. The van der Waals surface area contributed by atoms with Crippen molar-refractivity contribution < 1.29 is 43.7 Å². The molecule has 0 spiro atoms. The van der Waals surface area contributed by atoms with Gasteiger partial charge in [-0.2, -0.15) is 10.1 Å². The Hall–Kier alpha value is -5.04. The van der Waals surface area contributed by atoms with E-state index < -0.39 is 58.6 Å². The molecular weight excluding hydrogens is 701 g/mol. The lowest BCUT2D eigenvalue weighted by atomic mass is 9.50. The number of carbonyl (C=O) groups excluding carboxylic acids is 4. The van der Waals surface area contributed by atoms with E-state index in [1.165, 1.54) is 27.4 Å². The summed E-state index contributed by atoms with van der Waals surface area (Å²) in [6, 6.07) is 14.7. The molecule has 2 aliphatic carbocycles. The third-order valence-corrected chi connectivity index (χ3v) is 11.1. The van der Waals surface area contributed by atoms with Crippen LogP contribution in [0.1, 0.15) is 24.0 Å². The molecule has 3 N–H and O–H groups in total. The van der Waals surface area contributed by atoms with Gasteiger partial charge >= 0.3 is 0 Å². The molecule has 6 unspecified atom stereocenters. The van der Waals surface area contributed by atoms with Crippen LogP contribution in [0.5, 0.6) is 23.0 Å². The molecule has 4 amide bonds.